The Bertz CT molecular complexity index is 886. The third-order valence-corrected chi connectivity index (χ3v) is 4.64. The van der Waals surface area contributed by atoms with E-state index in [-0.39, 0.29) is 6.10 Å². The van der Waals surface area contributed by atoms with Crippen LogP contribution >= 0.6 is 0 Å². The van der Waals surface area contributed by atoms with Crippen LogP contribution in [0.5, 0.6) is 0 Å². The van der Waals surface area contributed by atoms with Gasteiger partial charge < -0.3 is 14.0 Å². The molecule has 0 radical (unpaired) electrons. The number of imidazole rings is 1. The molecule has 1 fully saturated rings. The fourth-order valence-electron chi connectivity index (χ4n) is 3.64. The van der Waals surface area contributed by atoms with Crippen LogP contribution in [0, 0.1) is 6.92 Å². The summed E-state index contributed by atoms with van der Waals surface area (Å²) in [7, 11) is 0. The van der Waals surface area contributed by atoms with Crippen molar-refractivity contribution in [3.63, 3.8) is 0 Å². The largest absolute Gasteiger partial charge is 0.337 e. The summed E-state index contributed by atoms with van der Waals surface area (Å²) < 4.78 is 14.7. The maximum Gasteiger partial charge on any atom is 0.256 e. The lowest BCUT2D eigenvalue weighted by Crippen LogP contribution is -2.39. The first-order valence-electron chi connectivity index (χ1n) is 7.61. The minimum atomic E-state index is -0.868. The van der Waals surface area contributed by atoms with E-state index >= 15 is 0 Å². The van der Waals surface area contributed by atoms with Gasteiger partial charge in [0.15, 0.2) is 5.82 Å². The van der Waals surface area contributed by atoms with Crippen LogP contribution in [0.4, 0.5) is 0 Å². The number of aryl methyl sites for hydroxylation is 1. The number of para-hydroxylation sites is 2. The first-order chi connectivity index (χ1) is 10.8. The van der Waals surface area contributed by atoms with Gasteiger partial charge in [-0.2, -0.15) is 0 Å². The smallest absolute Gasteiger partial charge is 0.256 e. The van der Waals surface area contributed by atoms with Crippen molar-refractivity contribution in [2.45, 2.75) is 25.4 Å². The molecule has 3 aromatic rings. The molecule has 4 nitrogen and oxygen atoms in total. The van der Waals surface area contributed by atoms with Crippen molar-refractivity contribution in [2.24, 2.45) is 0 Å². The van der Waals surface area contributed by atoms with Crippen LogP contribution in [0.1, 0.15) is 17.0 Å². The molecule has 1 saturated heterocycles. The number of rotatable bonds is 1. The zero-order valence-corrected chi connectivity index (χ0v) is 12.3. The van der Waals surface area contributed by atoms with E-state index in [2.05, 4.69) is 35.8 Å². The highest BCUT2D eigenvalue weighted by Gasteiger charge is 2.52. The van der Waals surface area contributed by atoms with E-state index in [9.17, 15) is 0 Å². The van der Waals surface area contributed by atoms with Crippen molar-refractivity contribution in [1.29, 1.82) is 0 Å². The summed E-state index contributed by atoms with van der Waals surface area (Å²) in [6, 6.07) is 16.4. The summed E-state index contributed by atoms with van der Waals surface area (Å²) in [5, 5.41) is 0. The van der Waals surface area contributed by atoms with Crippen molar-refractivity contribution in [2.75, 3.05) is 6.61 Å². The average Bonchev–Trinajstić information content (AvgIpc) is 3.09. The van der Waals surface area contributed by atoms with Crippen LogP contribution in [0.2, 0.25) is 0 Å². The monoisotopic (exact) mass is 292 g/mol. The van der Waals surface area contributed by atoms with Crippen molar-refractivity contribution >= 4 is 11.0 Å². The molecule has 2 aromatic carbocycles. The molecule has 3 heterocycles. The molecule has 4 heteroatoms. The maximum absolute atomic E-state index is 6.30. The summed E-state index contributed by atoms with van der Waals surface area (Å²) >= 11 is 0. The minimum Gasteiger partial charge on any atom is -0.337 e. The molecular weight excluding hydrogens is 276 g/mol. The summed E-state index contributed by atoms with van der Waals surface area (Å²) in [5.41, 5.74) is 4.34. The zero-order chi connectivity index (χ0) is 14.7. The molecule has 22 heavy (non-hydrogen) atoms. The highest BCUT2D eigenvalue weighted by atomic mass is 16.7. The molecule has 2 aliphatic rings. The number of aromatic nitrogens is 2. The molecule has 0 aliphatic carbocycles. The zero-order valence-electron chi connectivity index (χ0n) is 12.3. The summed E-state index contributed by atoms with van der Waals surface area (Å²) in [5.74, 6) is -0.00968. The molecule has 5 rings (SSSR count). The minimum absolute atomic E-state index is 0.0738. The van der Waals surface area contributed by atoms with Gasteiger partial charge in [-0.1, -0.05) is 36.4 Å². The summed E-state index contributed by atoms with van der Waals surface area (Å²) in [4.78, 5) is 4.83. The molecule has 2 atom stereocenters. The predicted molar refractivity (Wildman–Crippen MR) is 82.5 cm³/mol. The molecule has 2 bridgehead atoms. The first kappa shape index (κ1) is 12.4. The summed E-state index contributed by atoms with van der Waals surface area (Å²) in [6.07, 6.45) is 0.0738. The number of hydrogen-bond acceptors (Lipinski definition) is 3. The van der Waals surface area contributed by atoms with Crippen LogP contribution in [-0.4, -0.2) is 22.3 Å². The van der Waals surface area contributed by atoms with Gasteiger partial charge in [0.25, 0.3) is 5.79 Å². The Morgan fingerprint density at radius 3 is 2.86 bits per heavy atom. The molecule has 2 aliphatic heterocycles. The van der Waals surface area contributed by atoms with Gasteiger partial charge in [0.05, 0.1) is 24.2 Å². The second-order valence-corrected chi connectivity index (χ2v) is 6.02. The van der Waals surface area contributed by atoms with Gasteiger partial charge in [0.1, 0.15) is 6.10 Å². The van der Waals surface area contributed by atoms with Crippen molar-refractivity contribution in [3.8, 4) is 0 Å². The number of nitrogens with zero attached hydrogens (tertiary/aromatic N) is 2. The molecule has 0 N–H and O–H groups in total. The third-order valence-electron chi connectivity index (χ3n) is 4.64. The Kier molecular flexibility index (Phi) is 2.35. The van der Waals surface area contributed by atoms with Crippen LogP contribution in [-0.2, 0) is 21.8 Å². The third kappa shape index (κ3) is 1.46. The lowest BCUT2D eigenvalue weighted by Gasteiger charge is -2.33. The van der Waals surface area contributed by atoms with Crippen LogP contribution in [0.25, 0.3) is 11.0 Å². The second kappa shape index (κ2) is 4.18. The lowest BCUT2D eigenvalue weighted by atomic mass is 9.99. The molecule has 0 spiro atoms. The molecular formula is C18H16N2O2. The highest BCUT2D eigenvalue weighted by molar-refractivity contribution is 5.76. The number of ether oxygens (including phenoxy) is 2. The average molecular weight is 292 g/mol. The van der Waals surface area contributed by atoms with Crippen LogP contribution < -0.4 is 0 Å². The lowest BCUT2D eigenvalue weighted by molar-refractivity contribution is -0.163. The molecule has 0 unspecified atom stereocenters. The quantitative estimate of drug-likeness (QED) is 0.692. The predicted octanol–water partition coefficient (Wildman–Crippen LogP) is 2.97. The van der Waals surface area contributed by atoms with Gasteiger partial charge >= 0.3 is 0 Å². The normalized spacial score (nSPS) is 26.3. The van der Waals surface area contributed by atoms with E-state index in [0.717, 1.165) is 34.5 Å². The van der Waals surface area contributed by atoms with Crippen molar-refractivity contribution in [1.82, 2.24) is 9.55 Å². The topological polar surface area (TPSA) is 36.3 Å². The highest BCUT2D eigenvalue weighted by Crippen LogP contribution is 2.45. The Hall–Kier alpha value is -2.17. The second-order valence-electron chi connectivity index (χ2n) is 6.02. The van der Waals surface area contributed by atoms with E-state index in [1.54, 1.807) is 0 Å². The number of benzene rings is 2. The maximum atomic E-state index is 6.30. The van der Waals surface area contributed by atoms with E-state index in [1.165, 1.54) is 0 Å². The fraction of sp³-hybridized carbons (Fsp3) is 0.278. The van der Waals surface area contributed by atoms with E-state index in [0.29, 0.717) is 6.61 Å². The van der Waals surface area contributed by atoms with Crippen molar-refractivity contribution < 1.29 is 9.47 Å². The Balaban J connectivity index is 1.83. The fourth-order valence-corrected chi connectivity index (χ4v) is 3.64. The first-order valence-corrected chi connectivity index (χ1v) is 7.61. The van der Waals surface area contributed by atoms with Crippen LogP contribution in [0.15, 0.2) is 48.5 Å². The molecule has 1 aromatic heterocycles. The Labute approximate surface area is 128 Å². The Morgan fingerprint density at radius 1 is 1.14 bits per heavy atom. The van der Waals surface area contributed by atoms with E-state index in [4.69, 9.17) is 14.5 Å². The molecule has 110 valence electrons. The van der Waals surface area contributed by atoms with Gasteiger partial charge in [-0.15, -0.1) is 0 Å². The van der Waals surface area contributed by atoms with Gasteiger partial charge in [0.2, 0.25) is 0 Å². The van der Waals surface area contributed by atoms with Gasteiger partial charge in [-0.05, 0) is 24.6 Å². The number of fused-ring (bicyclic) bond motifs is 6. The van der Waals surface area contributed by atoms with Crippen molar-refractivity contribution in [3.05, 3.63) is 65.5 Å². The number of hydrogen-bond donors (Lipinski definition) is 0. The van der Waals surface area contributed by atoms with Gasteiger partial charge in [-0.25, -0.2) is 4.98 Å². The summed E-state index contributed by atoms with van der Waals surface area (Å²) in [6.45, 7) is 3.49. The van der Waals surface area contributed by atoms with Gasteiger partial charge in [0, 0.05) is 5.56 Å². The standard InChI is InChI=1S/C18H16N2O2/c1-12-6-2-3-7-14(12)18-17-19-15-8-4-5-9-16(15)20(17)10-13(22-18)11-21-18/h2-9,13H,10-11H2,1H3/t13-,18+/m0/s1. The van der Waals surface area contributed by atoms with Crippen LogP contribution in [0.3, 0.4) is 0 Å². The Morgan fingerprint density at radius 2 is 1.95 bits per heavy atom. The van der Waals surface area contributed by atoms with E-state index in [1.807, 2.05) is 24.3 Å². The van der Waals surface area contributed by atoms with Gasteiger partial charge in [-0.3, -0.25) is 0 Å². The SMILES string of the molecule is Cc1ccccc1[C@]12OC[C@H](Cn3c1nc1ccccc13)O2. The molecule has 0 amide bonds. The van der Waals surface area contributed by atoms with E-state index < -0.39 is 5.79 Å². The molecule has 0 saturated carbocycles.